The molecule has 0 heterocycles. The second-order valence-corrected chi connectivity index (χ2v) is 3.91. The van der Waals surface area contributed by atoms with Gasteiger partial charge in [0.15, 0.2) is 0 Å². The highest BCUT2D eigenvalue weighted by Gasteiger charge is 2.22. The van der Waals surface area contributed by atoms with Crippen LogP contribution in [0.1, 0.15) is 23.7 Å². The van der Waals surface area contributed by atoms with Crippen molar-refractivity contribution in [3.05, 3.63) is 51.1 Å². The minimum atomic E-state index is -0.650. The van der Waals surface area contributed by atoms with Crippen molar-refractivity contribution in [1.29, 1.82) is 0 Å². The Bertz CT molecular complexity index is 486. The summed E-state index contributed by atoms with van der Waals surface area (Å²) in [5.41, 5.74) is -0.379. The largest absolute Gasteiger partial charge is 0.352 e. The van der Waals surface area contributed by atoms with Gasteiger partial charge in [0.05, 0.1) is 4.92 Å². The van der Waals surface area contributed by atoms with Crippen molar-refractivity contribution in [3.8, 4) is 0 Å². The van der Waals surface area contributed by atoms with Crippen molar-refractivity contribution in [2.24, 2.45) is 0 Å². The fourth-order valence-corrected chi connectivity index (χ4v) is 1.66. The van der Waals surface area contributed by atoms with E-state index in [-0.39, 0.29) is 16.3 Å². The molecule has 0 aliphatic rings. The lowest BCUT2D eigenvalue weighted by molar-refractivity contribution is -0.385. The zero-order valence-electron chi connectivity index (χ0n) is 9.85. The van der Waals surface area contributed by atoms with E-state index < -0.39 is 10.8 Å². The highest BCUT2D eigenvalue weighted by atomic mass is 35.5. The molecule has 0 atom stereocenters. The Balaban J connectivity index is 2.85. The van der Waals surface area contributed by atoms with Crippen molar-refractivity contribution in [1.82, 2.24) is 5.32 Å². The second-order valence-electron chi connectivity index (χ2n) is 3.51. The second kappa shape index (κ2) is 6.76. The van der Waals surface area contributed by atoms with Gasteiger partial charge in [-0.05, 0) is 25.5 Å². The summed E-state index contributed by atoms with van der Waals surface area (Å²) in [6.45, 7) is 2.30. The number of hydrogen-bond donors (Lipinski definition) is 1. The van der Waals surface area contributed by atoms with Crippen molar-refractivity contribution in [3.63, 3.8) is 0 Å². The first-order valence-electron chi connectivity index (χ1n) is 5.40. The number of carbonyl (C=O) groups excluding carboxylic acids is 1. The molecule has 18 heavy (non-hydrogen) atoms. The number of benzene rings is 1. The van der Waals surface area contributed by atoms with Crippen molar-refractivity contribution < 1.29 is 9.72 Å². The van der Waals surface area contributed by atoms with E-state index in [1.807, 2.05) is 19.1 Å². The van der Waals surface area contributed by atoms with E-state index in [9.17, 15) is 14.9 Å². The maximum absolute atomic E-state index is 11.8. The minimum Gasteiger partial charge on any atom is -0.352 e. The maximum Gasteiger partial charge on any atom is 0.300 e. The van der Waals surface area contributed by atoms with Gasteiger partial charge in [-0.15, -0.1) is 0 Å². The molecule has 5 nitrogen and oxygen atoms in total. The highest BCUT2D eigenvalue weighted by molar-refractivity contribution is 6.33. The molecule has 1 rings (SSSR count). The molecular formula is C12H13ClN2O3. The lowest BCUT2D eigenvalue weighted by Crippen LogP contribution is -2.25. The lowest BCUT2D eigenvalue weighted by Gasteiger charge is -2.05. The van der Waals surface area contributed by atoms with Crippen LogP contribution in [0.25, 0.3) is 0 Å². The SMILES string of the molecule is C/C=C/CCNC(=O)c1cccc(Cl)c1[N+](=O)[O-]. The molecule has 0 bridgehead atoms. The maximum atomic E-state index is 11.8. The molecular weight excluding hydrogens is 256 g/mol. The topological polar surface area (TPSA) is 72.2 Å². The van der Waals surface area contributed by atoms with Crippen molar-refractivity contribution in [2.45, 2.75) is 13.3 Å². The van der Waals surface area contributed by atoms with E-state index in [1.54, 1.807) is 0 Å². The number of nitro benzene ring substituents is 1. The number of nitro groups is 1. The van der Waals surface area contributed by atoms with E-state index in [0.717, 1.165) is 0 Å². The van der Waals surface area contributed by atoms with Gasteiger partial charge in [-0.1, -0.05) is 29.8 Å². The molecule has 0 unspecified atom stereocenters. The lowest BCUT2D eigenvalue weighted by atomic mass is 10.1. The zero-order valence-corrected chi connectivity index (χ0v) is 10.6. The molecule has 96 valence electrons. The van der Waals surface area contributed by atoms with E-state index in [1.165, 1.54) is 18.2 Å². The van der Waals surface area contributed by atoms with Crippen molar-refractivity contribution in [2.75, 3.05) is 6.54 Å². The summed E-state index contributed by atoms with van der Waals surface area (Å²) >= 11 is 5.72. The number of halogens is 1. The van der Waals surface area contributed by atoms with Gasteiger partial charge in [0.2, 0.25) is 0 Å². The summed E-state index contributed by atoms with van der Waals surface area (Å²) in [7, 11) is 0. The van der Waals surface area contributed by atoms with E-state index in [0.29, 0.717) is 13.0 Å². The van der Waals surface area contributed by atoms with Gasteiger partial charge in [0.25, 0.3) is 5.91 Å². The van der Waals surface area contributed by atoms with Crippen LogP contribution < -0.4 is 5.32 Å². The molecule has 1 amide bonds. The fraction of sp³-hybridized carbons (Fsp3) is 0.250. The van der Waals surface area contributed by atoms with Crippen LogP contribution in [0.3, 0.4) is 0 Å². The Morgan fingerprint density at radius 2 is 2.28 bits per heavy atom. The van der Waals surface area contributed by atoms with Crippen LogP contribution >= 0.6 is 11.6 Å². The molecule has 0 saturated heterocycles. The number of allylic oxidation sites excluding steroid dienone is 1. The molecule has 1 N–H and O–H groups in total. The monoisotopic (exact) mass is 268 g/mol. The van der Waals surface area contributed by atoms with Crippen LogP contribution in [0.2, 0.25) is 5.02 Å². The van der Waals surface area contributed by atoms with Crippen molar-refractivity contribution >= 4 is 23.2 Å². The fourth-order valence-electron chi connectivity index (χ4n) is 1.42. The third-order valence-corrected chi connectivity index (χ3v) is 2.55. The van der Waals surface area contributed by atoms with Gasteiger partial charge in [0, 0.05) is 6.54 Å². The third-order valence-electron chi connectivity index (χ3n) is 2.25. The Labute approximate surface area is 110 Å². The third kappa shape index (κ3) is 3.56. The predicted molar refractivity (Wildman–Crippen MR) is 69.9 cm³/mol. The Morgan fingerprint density at radius 3 is 2.89 bits per heavy atom. The molecule has 1 aromatic carbocycles. The van der Waals surface area contributed by atoms with Gasteiger partial charge in [0.1, 0.15) is 10.6 Å². The Kier molecular flexibility index (Phi) is 5.32. The smallest absolute Gasteiger partial charge is 0.300 e. The van der Waals surface area contributed by atoms with E-state index in [2.05, 4.69) is 5.32 Å². The van der Waals surface area contributed by atoms with Crippen LogP contribution in [0, 0.1) is 10.1 Å². The van der Waals surface area contributed by atoms with Crippen LogP contribution in [0.4, 0.5) is 5.69 Å². The molecule has 0 saturated carbocycles. The first kappa shape index (κ1) is 14.2. The highest BCUT2D eigenvalue weighted by Crippen LogP contribution is 2.27. The molecule has 1 aromatic rings. The van der Waals surface area contributed by atoms with Crippen LogP contribution in [0.5, 0.6) is 0 Å². The number of rotatable bonds is 5. The summed E-state index contributed by atoms with van der Waals surface area (Å²) in [6.07, 6.45) is 4.44. The molecule has 0 aromatic heterocycles. The quantitative estimate of drug-likeness (QED) is 0.386. The normalized spacial score (nSPS) is 10.6. The molecule has 0 spiro atoms. The molecule has 6 heteroatoms. The standard InChI is InChI=1S/C12H13ClN2O3/c1-2-3-4-8-14-12(16)9-6-5-7-10(13)11(9)15(17)18/h2-3,5-7H,4,8H2,1H3,(H,14,16)/b3-2+. The average Bonchev–Trinajstić information content (AvgIpc) is 2.33. The summed E-state index contributed by atoms with van der Waals surface area (Å²) in [5, 5.41) is 13.4. The molecule has 0 aliphatic carbocycles. The number of carbonyl (C=O) groups is 1. The first-order valence-corrected chi connectivity index (χ1v) is 5.78. The summed E-state index contributed by atoms with van der Waals surface area (Å²) < 4.78 is 0. The summed E-state index contributed by atoms with van der Waals surface area (Å²) in [5.74, 6) is -0.492. The van der Waals surface area contributed by atoms with Gasteiger partial charge < -0.3 is 5.32 Å². The number of para-hydroxylation sites is 1. The molecule has 0 aliphatic heterocycles. The zero-order chi connectivity index (χ0) is 13.5. The van der Waals surface area contributed by atoms with Gasteiger partial charge >= 0.3 is 5.69 Å². The molecule has 0 fully saturated rings. The number of nitrogens with zero attached hydrogens (tertiary/aromatic N) is 1. The first-order chi connectivity index (χ1) is 8.57. The molecule has 0 radical (unpaired) electrons. The van der Waals surface area contributed by atoms with Gasteiger partial charge in [-0.2, -0.15) is 0 Å². The Morgan fingerprint density at radius 1 is 1.56 bits per heavy atom. The Hall–Kier alpha value is -1.88. The number of nitrogens with one attached hydrogen (secondary N) is 1. The van der Waals surface area contributed by atoms with Crippen LogP contribution in [0.15, 0.2) is 30.4 Å². The minimum absolute atomic E-state index is 0.0204. The number of hydrogen-bond acceptors (Lipinski definition) is 3. The van der Waals surface area contributed by atoms with Gasteiger partial charge in [-0.3, -0.25) is 14.9 Å². The van der Waals surface area contributed by atoms with E-state index in [4.69, 9.17) is 11.6 Å². The predicted octanol–water partition coefficient (Wildman–Crippen LogP) is 2.94. The van der Waals surface area contributed by atoms with Crippen LogP contribution in [-0.2, 0) is 0 Å². The van der Waals surface area contributed by atoms with E-state index >= 15 is 0 Å². The van der Waals surface area contributed by atoms with Gasteiger partial charge in [-0.25, -0.2) is 0 Å². The summed E-state index contributed by atoms with van der Waals surface area (Å²) in [4.78, 5) is 22.0. The van der Waals surface area contributed by atoms with Crippen LogP contribution in [-0.4, -0.2) is 17.4 Å². The number of amides is 1. The average molecular weight is 269 g/mol. The summed E-state index contributed by atoms with van der Waals surface area (Å²) in [6, 6.07) is 4.28.